The lowest BCUT2D eigenvalue weighted by Crippen LogP contribution is -2.83. The first kappa shape index (κ1) is 18.0. The van der Waals surface area contributed by atoms with Crippen LogP contribution in [0.2, 0.25) is 5.02 Å². The molecule has 140 valence electrons. The van der Waals surface area contributed by atoms with Crippen molar-refractivity contribution >= 4 is 11.6 Å². The van der Waals surface area contributed by atoms with E-state index < -0.39 is 0 Å². The first-order valence-electron chi connectivity index (χ1n) is 9.40. The Balaban J connectivity index is 1.81. The summed E-state index contributed by atoms with van der Waals surface area (Å²) in [5.41, 5.74) is 4.86. The van der Waals surface area contributed by atoms with Crippen LogP contribution < -0.4 is 14.8 Å². The minimum Gasteiger partial charge on any atom is -0.490 e. The van der Waals surface area contributed by atoms with Crippen molar-refractivity contribution in [3.63, 3.8) is 0 Å². The number of fused-ring (bicyclic) bond motifs is 3. The Kier molecular flexibility index (Phi) is 5.10. The molecule has 1 aliphatic rings. The Morgan fingerprint density at radius 2 is 1.74 bits per heavy atom. The van der Waals surface area contributed by atoms with Crippen LogP contribution in [0.5, 0.6) is 11.5 Å². The number of benzene rings is 2. The molecular formula is C22H24ClN2O2+. The number of ether oxygens (including phenoxy) is 2. The highest BCUT2D eigenvalue weighted by atomic mass is 35.5. The number of rotatable bonds is 5. The molecule has 0 radical (unpaired) electrons. The van der Waals surface area contributed by atoms with Crippen molar-refractivity contribution in [1.29, 1.82) is 0 Å². The summed E-state index contributed by atoms with van der Waals surface area (Å²) >= 11 is 6.09. The van der Waals surface area contributed by atoms with Gasteiger partial charge in [-0.2, -0.15) is 0 Å². The molecule has 1 aliphatic heterocycles. The lowest BCUT2D eigenvalue weighted by atomic mass is 10.0. The van der Waals surface area contributed by atoms with Gasteiger partial charge in [-0.15, -0.1) is 0 Å². The fourth-order valence-electron chi connectivity index (χ4n) is 3.73. The summed E-state index contributed by atoms with van der Waals surface area (Å²) in [6, 6.07) is 16.8. The predicted octanol–water partition coefficient (Wildman–Crippen LogP) is 4.09. The van der Waals surface area contributed by atoms with Gasteiger partial charge in [0.05, 0.1) is 24.6 Å². The van der Waals surface area contributed by atoms with E-state index in [1.54, 1.807) is 0 Å². The molecule has 1 aromatic heterocycles. The molecule has 0 fully saturated rings. The number of hydrogen-bond donors (Lipinski definition) is 1. The fourth-order valence-corrected chi connectivity index (χ4v) is 3.85. The number of halogens is 1. The van der Waals surface area contributed by atoms with Gasteiger partial charge in [0.1, 0.15) is 6.54 Å². The minimum absolute atomic E-state index is 0.204. The van der Waals surface area contributed by atoms with Crippen LogP contribution in [0.1, 0.15) is 36.7 Å². The van der Waals surface area contributed by atoms with Crippen molar-refractivity contribution in [3.8, 4) is 17.2 Å². The Morgan fingerprint density at radius 3 is 2.44 bits per heavy atom. The summed E-state index contributed by atoms with van der Waals surface area (Å²) in [6.45, 7) is 6.07. The first-order chi connectivity index (χ1) is 13.2. The molecule has 0 saturated carbocycles. The molecule has 2 aromatic carbocycles. The Hall–Kier alpha value is -2.43. The van der Waals surface area contributed by atoms with Gasteiger partial charge < -0.3 is 19.4 Å². The van der Waals surface area contributed by atoms with E-state index in [1.165, 1.54) is 16.8 Å². The third kappa shape index (κ3) is 3.43. The highest BCUT2D eigenvalue weighted by molar-refractivity contribution is 6.30. The molecule has 3 aromatic rings. The smallest absolute Gasteiger partial charge is 0.163 e. The van der Waals surface area contributed by atoms with Gasteiger partial charge in [-0.05, 0) is 44.2 Å². The molecule has 27 heavy (non-hydrogen) atoms. The summed E-state index contributed by atoms with van der Waals surface area (Å²) in [4.78, 5) is 0. The quantitative estimate of drug-likeness (QED) is 0.720. The van der Waals surface area contributed by atoms with Gasteiger partial charge in [-0.3, -0.25) is 0 Å². The minimum atomic E-state index is 0.204. The van der Waals surface area contributed by atoms with Crippen molar-refractivity contribution < 1.29 is 14.8 Å². The van der Waals surface area contributed by atoms with E-state index in [0.717, 1.165) is 28.8 Å². The molecule has 0 bridgehead atoms. The zero-order valence-electron chi connectivity index (χ0n) is 15.6. The molecule has 1 atom stereocenters. The van der Waals surface area contributed by atoms with E-state index in [1.807, 2.05) is 26.0 Å². The molecule has 0 amide bonds. The second-order valence-electron chi connectivity index (χ2n) is 6.57. The van der Waals surface area contributed by atoms with Crippen molar-refractivity contribution in [3.05, 3.63) is 76.6 Å². The molecular weight excluding hydrogens is 360 g/mol. The monoisotopic (exact) mass is 383 g/mol. The lowest BCUT2D eigenvalue weighted by Gasteiger charge is -2.16. The lowest BCUT2D eigenvalue weighted by molar-refractivity contribution is -0.702. The van der Waals surface area contributed by atoms with Crippen molar-refractivity contribution in [1.82, 2.24) is 4.57 Å². The van der Waals surface area contributed by atoms with Gasteiger partial charge in [-0.1, -0.05) is 23.7 Å². The topological polar surface area (TPSA) is 40.0 Å². The maximum absolute atomic E-state index is 6.09. The number of nitrogens with zero attached hydrogens (tertiary/aromatic N) is 1. The van der Waals surface area contributed by atoms with Gasteiger partial charge in [0.2, 0.25) is 0 Å². The van der Waals surface area contributed by atoms with Crippen LogP contribution in [0, 0.1) is 0 Å². The van der Waals surface area contributed by atoms with E-state index >= 15 is 0 Å². The summed E-state index contributed by atoms with van der Waals surface area (Å²) in [7, 11) is 0. The molecule has 0 spiro atoms. The summed E-state index contributed by atoms with van der Waals surface area (Å²) in [5.74, 6) is 1.60. The Morgan fingerprint density at radius 1 is 1.04 bits per heavy atom. The van der Waals surface area contributed by atoms with Crippen LogP contribution in [0.4, 0.5) is 0 Å². The van der Waals surface area contributed by atoms with Crippen LogP contribution >= 0.6 is 11.6 Å². The summed E-state index contributed by atoms with van der Waals surface area (Å²) < 4.78 is 13.9. The van der Waals surface area contributed by atoms with E-state index in [9.17, 15) is 0 Å². The Bertz CT molecular complexity index is 934. The van der Waals surface area contributed by atoms with Gasteiger partial charge in [0, 0.05) is 28.4 Å². The number of aromatic nitrogens is 1. The zero-order chi connectivity index (χ0) is 18.8. The fraction of sp³-hybridized carbons (Fsp3) is 0.273. The van der Waals surface area contributed by atoms with Crippen LogP contribution in [0.15, 0.2) is 54.7 Å². The highest BCUT2D eigenvalue weighted by Crippen LogP contribution is 2.36. The zero-order valence-corrected chi connectivity index (χ0v) is 16.4. The molecule has 2 N–H and O–H groups in total. The van der Waals surface area contributed by atoms with Crippen molar-refractivity contribution in [2.24, 2.45) is 0 Å². The molecule has 0 unspecified atom stereocenters. The second kappa shape index (κ2) is 7.67. The normalized spacial score (nSPS) is 15.6. The number of quaternary nitrogens is 1. The van der Waals surface area contributed by atoms with Gasteiger partial charge in [0.25, 0.3) is 0 Å². The predicted molar refractivity (Wildman–Crippen MR) is 107 cm³/mol. The van der Waals surface area contributed by atoms with Crippen molar-refractivity contribution in [2.75, 3.05) is 13.2 Å². The largest absolute Gasteiger partial charge is 0.490 e. The van der Waals surface area contributed by atoms with Gasteiger partial charge in [0.15, 0.2) is 17.5 Å². The summed E-state index contributed by atoms with van der Waals surface area (Å²) in [5, 5.41) is 3.12. The molecule has 5 heteroatoms. The van der Waals surface area contributed by atoms with Crippen LogP contribution in [-0.2, 0) is 6.54 Å². The van der Waals surface area contributed by atoms with E-state index in [2.05, 4.69) is 52.5 Å². The summed E-state index contributed by atoms with van der Waals surface area (Å²) in [6.07, 6.45) is 2.12. The van der Waals surface area contributed by atoms with E-state index in [-0.39, 0.29) is 6.04 Å². The number of nitrogens with two attached hydrogens (primary N) is 1. The average molecular weight is 384 g/mol. The highest BCUT2D eigenvalue weighted by Gasteiger charge is 2.27. The standard InChI is InChI=1S/C22H23ClN2O2/c1-3-26-20-12-16-14-24-22(15-7-9-17(23)10-8-15)18-6-5-11-25(18)19(16)13-21(20)27-4-2/h5-13,22,24H,3-4,14H2,1-2H3/p+1/t22-/m1/s1. The third-order valence-electron chi connectivity index (χ3n) is 4.91. The SMILES string of the molecule is CCOc1cc2c(cc1OCC)-n1cccc1[C@@H](c1ccc(Cl)cc1)[NH2+]C2. The molecule has 2 heterocycles. The van der Waals surface area contributed by atoms with E-state index in [0.29, 0.717) is 13.2 Å². The van der Waals surface area contributed by atoms with Gasteiger partial charge >= 0.3 is 0 Å². The maximum Gasteiger partial charge on any atom is 0.163 e. The average Bonchev–Trinajstić information content (AvgIpc) is 3.09. The number of hydrogen-bond acceptors (Lipinski definition) is 2. The van der Waals surface area contributed by atoms with Crippen molar-refractivity contribution in [2.45, 2.75) is 26.4 Å². The Labute approximate surface area is 164 Å². The van der Waals surface area contributed by atoms with E-state index in [4.69, 9.17) is 21.1 Å². The molecule has 0 saturated heterocycles. The van der Waals surface area contributed by atoms with Crippen LogP contribution in [0.25, 0.3) is 5.69 Å². The maximum atomic E-state index is 6.09. The first-order valence-corrected chi connectivity index (χ1v) is 9.78. The molecule has 4 nitrogen and oxygen atoms in total. The van der Waals surface area contributed by atoms with Crippen LogP contribution in [-0.4, -0.2) is 17.8 Å². The van der Waals surface area contributed by atoms with Crippen LogP contribution in [0.3, 0.4) is 0 Å². The molecule has 0 aliphatic carbocycles. The third-order valence-corrected chi connectivity index (χ3v) is 5.16. The second-order valence-corrected chi connectivity index (χ2v) is 7.00. The van der Waals surface area contributed by atoms with Gasteiger partial charge in [-0.25, -0.2) is 0 Å². The molecule has 4 rings (SSSR count).